The molecule has 94 valence electrons. The number of carbonyl (C=O) groups excluding carboxylic acids is 1. The maximum atomic E-state index is 11.6. The van der Waals surface area contributed by atoms with Gasteiger partial charge in [0.25, 0.3) is 5.91 Å². The SMILES string of the molecule is CS(=O)(=O)CCNC(=O)c1cc(N)nc(Cl)c1. The lowest BCUT2D eigenvalue weighted by Gasteiger charge is -2.05. The van der Waals surface area contributed by atoms with E-state index in [0.29, 0.717) is 0 Å². The minimum absolute atomic E-state index is 0.0392. The molecule has 0 spiro atoms. The van der Waals surface area contributed by atoms with Crippen LogP contribution >= 0.6 is 11.6 Å². The first-order valence-corrected chi connectivity index (χ1v) is 7.11. The van der Waals surface area contributed by atoms with Crippen LogP contribution in [0.2, 0.25) is 5.15 Å². The summed E-state index contributed by atoms with van der Waals surface area (Å²) in [5.41, 5.74) is 5.67. The molecule has 0 aliphatic carbocycles. The number of nitrogens with one attached hydrogen (secondary N) is 1. The maximum absolute atomic E-state index is 11.6. The minimum Gasteiger partial charge on any atom is -0.384 e. The van der Waals surface area contributed by atoms with Gasteiger partial charge in [0.15, 0.2) is 0 Å². The number of anilines is 1. The van der Waals surface area contributed by atoms with E-state index in [-0.39, 0.29) is 28.8 Å². The molecular formula is C9H12ClN3O3S. The third kappa shape index (κ3) is 5.01. The molecule has 0 saturated heterocycles. The molecule has 0 aromatic carbocycles. The average Bonchev–Trinajstić information content (AvgIpc) is 2.13. The number of halogens is 1. The van der Waals surface area contributed by atoms with Crippen molar-refractivity contribution in [1.29, 1.82) is 0 Å². The molecule has 0 unspecified atom stereocenters. The highest BCUT2D eigenvalue weighted by Gasteiger charge is 2.09. The van der Waals surface area contributed by atoms with Gasteiger partial charge in [0.05, 0.1) is 5.75 Å². The van der Waals surface area contributed by atoms with Crippen molar-refractivity contribution in [3.63, 3.8) is 0 Å². The van der Waals surface area contributed by atoms with Gasteiger partial charge in [-0.15, -0.1) is 0 Å². The van der Waals surface area contributed by atoms with Gasteiger partial charge in [-0.1, -0.05) is 11.6 Å². The molecule has 17 heavy (non-hydrogen) atoms. The zero-order valence-corrected chi connectivity index (χ0v) is 10.7. The van der Waals surface area contributed by atoms with E-state index in [4.69, 9.17) is 17.3 Å². The largest absolute Gasteiger partial charge is 0.384 e. The van der Waals surface area contributed by atoms with Crippen LogP contribution in [0.25, 0.3) is 0 Å². The molecule has 1 amide bonds. The van der Waals surface area contributed by atoms with Gasteiger partial charge in [-0.3, -0.25) is 4.79 Å². The topological polar surface area (TPSA) is 102 Å². The Balaban J connectivity index is 2.64. The number of hydrogen-bond acceptors (Lipinski definition) is 5. The molecule has 1 aromatic rings. The second-order valence-corrected chi connectivity index (χ2v) is 6.14. The number of carbonyl (C=O) groups is 1. The Bertz CT molecular complexity index is 510. The molecule has 0 atom stereocenters. The van der Waals surface area contributed by atoms with Gasteiger partial charge in [-0.2, -0.15) is 0 Å². The van der Waals surface area contributed by atoms with Crippen molar-refractivity contribution in [2.75, 3.05) is 24.3 Å². The van der Waals surface area contributed by atoms with E-state index in [1.54, 1.807) is 0 Å². The summed E-state index contributed by atoms with van der Waals surface area (Å²) in [4.78, 5) is 15.3. The third-order valence-electron chi connectivity index (χ3n) is 1.83. The average molecular weight is 278 g/mol. The van der Waals surface area contributed by atoms with Crippen LogP contribution in [0.5, 0.6) is 0 Å². The fourth-order valence-corrected chi connectivity index (χ4v) is 1.79. The standard InChI is InChI=1S/C9H12ClN3O3S/c1-17(15,16)3-2-12-9(14)6-4-7(10)13-8(11)5-6/h4-5H,2-3H2,1H3,(H2,11,13)(H,12,14). The third-order valence-corrected chi connectivity index (χ3v) is 2.97. The number of rotatable bonds is 4. The van der Waals surface area contributed by atoms with E-state index in [1.165, 1.54) is 12.1 Å². The number of nitrogen functional groups attached to an aromatic ring is 1. The van der Waals surface area contributed by atoms with Crippen LogP contribution in [-0.4, -0.2) is 37.9 Å². The van der Waals surface area contributed by atoms with Gasteiger partial charge < -0.3 is 11.1 Å². The Morgan fingerprint density at radius 2 is 2.18 bits per heavy atom. The lowest BCUT2D eigenvalue weighted by Crippen LogP contribution is -2.28. The maximum Gasteiger partial charge on any atom is 0.251 e. The molecule has 6 nitrogen and oxygen atoms in total. The van der Waals surface area contributed by atoms with Crippen molar-refractivity contribution in [3.05, 3.63) is 22.8 Å². The summed E-state index contributed by atoms with van der Waals surface area (Å²) in [5.74, 6) is -0.428. The fourth-order valence-electron chi connectivity index (χ4n) is 1.10. The zero-order valence-electron chi connectivity index (χ0n) is 9.10. The van der Waals surface area contributed by atoms with Gasteiger partial charge in [-0.05, 0) is 12.1 Å². The van der Waals surface area contributed by atoms with Crippen molar-refractivity contribution in [2.45, 2.75) is 0 Å². The monoisotopic (exact) mass is 277 g/mol. The van der Waals surface area contributed by atoms with Crippen LogP contribution in [-0.2, 0) is 9.84 Å². The fraction of sp³-hybridized carbons (Fsp3) is 0.333. The molecule has 0 aliphatic heterocycles. The van der Waals surface area contributed by atoms with Crippen molar-refractivity contribution < 1.29 is 13.2 Å². The smallest absolute Gasteiger partial charge is 0.251 e. The van der Waals surface area contributed by atoms with E-state index < -0.39 is 15.7 Å². The van der Waals surface area contributed by atoms with Crippen LogP contribution < -0.4 is 11.1 Å². The summed E-state index contributed by atoms with van der Waals surface area (Å²) in [6.45, 7) is 0.0392. The van der Waals surface area contributed by atoms with Crippen LogP contribution in [0.15, 0.2) is 12.1 Å². The highest BCUT2D eigenvalue weighted by molar-refractivity contribution is 7.90. The Morgan fingerprint density at radius 3 is 2.71 bits per heavy atom. The van der Waals surface area contributed by atoms with Crippen molar-refractivity contribution in [3.8, 4) is 0 Å². The van der Waals surface area contributed by atoms with E-state index in [0.717, 1.165) is 6.26 Å². The summed E-state index contributed by atoms with van der Waals surface area (Å²) < 4.78 is 21.7. The van der Waals surface area contributed by atoms with Crippen molar-refractivity contribution >= 4 is 33.2 Å². The molecule has 0 saturated carbocycles. The number of sulfone groups is 1. The predicted octanol–water partition coefficient (Wildman–Crippen LogP) is 0.0916. The first-order chi connectivity index (χ1) is 7.78. The lowest BCUT2D eigenvalue weighted by molar-refractivity contribution is 0.0956. The predicted molar refractivity (Wildman–Crippen MR) is 65.7 cm³/mol. The molecule has 0 fully saturated rings. The molecule has 0 aliphatic rings. The van der Waals surface area contributed by atoms with Gasteiger partial charge in [-0.25, -0.2) is 13.4 Å². The molecular weight excluding hydrogens is 266 g/mol. The first-order valence-electron chi connectivity index (χ1n) is 4.67. The Labute approximate surface area is 104 Å². The van der Waals surface area contributed by atoms with Gasteiger partial charge in [0, 0.05) is 18.4 Å². The van der Waals surface area contributed by atoms with E-state index in [9.17, 15) is 13.2 Å². The number of pyridine rings is 1. The van der Waals surface area contributed by atoms with Gasteiger partial charge >= 0.3 is 0 Å². The van der Waals surface area contributed by atoms with E-state index >= 15 is 0 Å². The van der Waals surface area contributed by atoms with Crippen LogP contribution in [0.4, 0.5) is 5.82 Å². The quantitative estimate of drug-likeness (QED) is 0.760. The van der Waals surface area contributed by atoms with Gasteiger partial charge in [0.2, 0.25) is 0 Å². The summed E-state index contributed by atoms with van der Waals surface area (Å²) in [7, 11) is -3.10. The van der Waals surface area contributed by atoms with E-state index in [2.05, 4.69) is 10.3 Å². The lowest BCUT2D eigenvalue weighted by atomic mass is 10.2. The van der Waals surface area contributed by atoms with E-state index in [1.807, 2.05) is 0 Å². The Hall–Kier alpha value is -1.34. The number of nitrogens with zero attached hydrogens (tertiary/aromatic N) is 1. The van der Waals surface area contributed by atoms with Gasteiger partial charge in [0.1, 0.15) is 20.8 Å². The van der Waals surface area contributed by atoms with Crippen LogP contribution in [0.1, 0.15) is 10.4 Å². The van der Waals surface area contributed by atoms with Crippen LogP contribution in [0, 0.1) is 0 Å². The molecule has 0 bridgehead atoms. The molecule has 8 heteroatoms. The molecule has 1 aromatic heterocycles. The highest BCUT2D eigenvalue weighted by atomic mass is 35.5. The highest BCUT2D eigenvalue weighted by Crippen LogP contribution is 2.11. The summed E-state index contributed by atoms with van der Waals surface area (Å²) in [5, 5.41) is 2.56. The number of aromatic nitrogens is 1. The summed E-state index contributed by atoms with van der Waals surface area (Å²) in [6.07, 6.45) is 1.10. The summed E-state index contributed by atoms with van der Waals surface area (Å²) >= 11 is 5.63. The Morgan fingerprint density at radius 1 is 1.53 bits per heavy atom. The molecule has 0 radical (unpaired) electrons. The molecule has 1 rings (SSSR count). The van der Waals surface area contributed by atoms with Crippen LogP contribution in [0.3, 0.4) is 0 Å². The van der Waals surface area contributed by atoms with Crippen molar-refractivity contribution in [2.24, 2.45) is 0 Å². The normalized spacial score (nSPS) is 11.2. The molecule has 1 heterocycles. The number of nitrogens with two attached hydrogens (primary N) is 1. The second kappa shape index (κ2) is 5.33. The number of hydrogen-bond donors (Lipinski definition) is 2. The minimum atomic E-state index is -3.10. The zero-order chi connectivity index (χ0) is 13.1. The summed E-state index contributed by atoms with van der Waals surface area (Å²) in [6, 6.07) is 2.72. The first kappa shape index (κ1) is 13.7. The van der Waals surface area contributed by atoms with Crippen molar-refractivity contribution in [1.82, 2.24) is 10.3 Å². The Kier molecular flexibility index (Phi) is 4.30. The molecule has 3 N–H and O–H groups in total. The second-order valence-electron chi connectivity index (χ2n) is 3.49. The number of amides is 1.